The van der Waals surface area contributed by atoms with Gasteiger partial charge >= 0.3 is 0 Å². The number of thioether (sulfide) groups is 1. The number of carbonyl (C=O) groups is 2. The smallest absolute Gasteiger partial charge is 0.244 e. The van der Waals surface area contributed by atoms with E-state index < -0.39 is 0 Å². The third-order valence-electron chi connectivity index (χ3n) is 4.85. The van der Waals surface area contributed by atoms with Gasteiger partial charge in [0.1, 0.15) is 0 Å². The number of nitrogens with zero attached hydrogens (tertiary/aromatic N) is 3. The number of anilines is 1. The number of aryl methyl sites for hydroxylation is 1. The maximum absolute atomic E-state index is 12.2. The number of aromatic nitrogens is 3. The predicted octanol–water partition coefficient (Wildman–Crippen LogP) is 3.20. The molecular formula is C24H27N5O4S. The fourth-order valence-corrected chi connectivity index (χ4v) is 3.67. The molecule has 34 heavy (non-hydrogen) atoms. The number of rotatable bonds is 10. The summed E-state index contributed by atoms with van der Waals surface area (Å²) in [5.74, 6) is 1.57. The molecule has 0 atom stereocenters. The minimum atomic E-state index is -0.274. The Balaban J connectivity index is 1.49. The van der Waals surface area contributed by atoms with E-state index >= 15 is 0 Å². The predicted molar refractivity (Wildman–Crippen MR) is 132 cm³/mol. The maximum atomic E-state index is 12.2. The number of hydrogen-bond acceptors (Lipinski definition) is 7. The molecule has 178 valence electrons. The first-order valence-electron chi connectivity index (χ1n) is 10.4. The van der Waals surface area contributed by atoms with Crippen LogP contribution in [0.5, 0.6) is 11.5 Å². The van der Waals surface area contributed by atoms with Crippen LogP contribution in [0.1, 0.15) is 17.0 Å². The molecule has 3 aromatic rings. The monoisotopic (exact) mass is 481 g/mol. The summed E-state index contributed by atoms with van der Waals surface area (Å²) in [4.78, 5) is 24.4. The molecule has 0 aliphatic rings. The molecule has 2 aromatic carbocycles. The summed E-state index contributed by atoms with van der Waals surface area (Å²) in [6.45, 7) is 2.19. The Bertz CT molecular complexity index is 1170. The minimum absolute atomic E-state index is 0.132. The largest absolute Gasteiger partial charge is 0.493 e. The summed E-state index contributed by atoms with van der Waals surface area (Å²) < 4.78 is 12.2. The van der Waals surface area contributed by atoms with E-state index in [-0.39, 0.29) is 24.1 Å². The standard InChI is InChI=1S/C24H27N5O4S/c1-16-5-9-18(10-6-16)26-23(31)15-34-24-28-27-21(29(24)2)14-25-22(30)12-8-17-7-11-19(32-3)20(13-17)33-4/h5-13H,14-15H2,1-4H3,(H,25,30)(H,26,31). The van der Waals surface area contributed by atoms with E-state index in [4.69, 9.17) is 9.47 Å². The molecule has 1 heterocycles. The van der Waals surface area contributed by atoms with Crippen molar-refractivity contribution in [1.29, 1.82) is 0 Å². The summed E-state index contributed by atoms with van der Waals surface area (Å²) in [5, 5.41) is 14.4. The van der Waals surface area contributed by atoms with Crippen LogP contribution in [0, 0.1) is 6.92 Å². The SMILES string of the molecule is COc1ccc(C=CC(=O)NCc2nnc(SCC(=O)Nc3ccc(C)cc3)n2C)cc1OC. The Labute approximate surface area is 202 Å². The van der Waals surface area contributed by atoms with Gasteiger partial charge in [-0.25, -0.2) is 0 Å². The van der Waals surface area contributed by atoms with Crippen LogP contribution in [0.25, 0.3) is 6.08 Å². The number of carbonyl (C=O) groups excluding carboxylic acids is 2. The number of hydrogen-bond donors (Lipinski definition) is 2. The van der Waals surface area contributed by atoms with Gasteiger partial charge in [0.25, 0.3) is 0 Å². The Morgan fingerprint density at radius 3 is 2.50 bits per heavy atom. The normalized spacial score (nSPS) is 10.8. The molecule has 0 fully saturated rings. The molecule has 10 heteroatoms. The molecule has 2 N–H and O–H groups in total. The highest BCUT2D eigenvalue weighted by atomic mass is 32.2. The highest BCUT2D eigenvalue weighted by Gasteiger charge is 2.12. The topological polar surface area (TPSA) is 107 Å². The van der Waals surface area contributed by atoms with Crippen molar-refractivity contribution in [1.82, 2.24) is 20.1 Å². The van der Waals surface area contributed by atoms with Crippen LogP contribution in [0.4, 0.5) is 5.69 Å². The van der Waals surface area contributed by atoms with E-state index in [1.165, 1.54) is 17.8 Å². The number of nitrogens with one attached hydrogen (secondary N) is 2. The summed E-state index contributed by atoms with van der Waals surface area (Å²) in [6, 6.07) is 13.0. The molecule has 0 aliphatic carbocycles. The zero-order valence-corrected chi connectivity index (χ0v) is 20.3. The Hall–Kier alpha value is -3.79. The van der Waals surface area contributed by atoms with E-state index in [0.29, 0.717) is 22.5 Å². The van der Waals surface area contributed by atoms with E-state index in [1.54, 1.807) is 44.0 Å². The van der Waals surface area contributed by atoms with Crippen LogP contribution in [0.15, 0.2) is 53.7 Å². The Kier molecular flexibility index (Phi) is 8.69. The van der Waals surface area contributed by atoms with E-state index in [2.05, 4.69) is 20.8 Å². The first-order valence-corrected chi connectivity index (χ1v) is 11.4. The van der Waals surface area contributed by atoms with Gasteiger partial charge in [-0.3, -0.25) is 9.59 Å². The highest BCUT2D eigenvalue weighted by molar-refractivity contribution is 7.99. The lowest BCUT2D eigenvalue weighted by molar-refractivity contribution is -0.116. The molecule has 0 saturated heterocycles. The van der Waals surface area contributed by atoms with Crippen molar-refractivity contribution < 1.29 is 19.1 Å². The van der Waals surface area contributed by atoms with Crippen molar-refractivity contribution in [2.75, 3.05) is 25.3 Å². The Morgan fingerprint density at radius 1 is 1.06 bits per heavy atom. The van der Waals surface area contributed by atoms with Crippen molar-refractivity contribution in [3.05, 3.63) is 65.5 Å². The molecule has 0 unspecified atom stereocenters. The lowest BCUT2D eigenvalue weighted by Crippen LogP contribution is -2.22. The minimum Gasteiger partial charge on any atom is -0.493 e. The number of benzene rings is 2. The van der Waals surface area contributed by atoms with E-state index in [1.807, 2.05) is 37.3 Å². The molecule has 0 aliphatic heterocycles. The number of methoxy groups -OCH3 is 2. The highest BCUT2D eigenvalue weighted by Crippen LogP contribution is 2.28. The summed E-state index contributed by atoms with van der Waals surface area (Å²) in [7, 11) is 4.92. The van der Waals surface area contributed by atoms with Crippen LogP contribution in [-0.2, 0) is 23.2 Å². The lowest BCUT2D eigenvalue weighted by Gasteiger charge is -2.07. The maximum Gasteiger partial charge on any atom is 0.244 e. The van der Waals surface area contributed by atoms with Crippen LogP contribution in [-0.4, -0.2) is 46.6 Å². The van der Waals surface area contributed by atoms with Gasteiger partial charge in [-0.2, -0.15) is 0 Å². The number of ether oxygens (including phenoxy) is 2. The summed E-state index contributed by atoms with van der Waals surface area (Å²) >= 11 is 1.28. The van der Waals surface area contributed by atoms with Crippen LogP contribution >= 0.6 is 11.8 Å². The molecule has 0 spiro atoms. The Morgan fingerprint density at radius 2 is 1.79 bits per heavy atom. The van der Waals surface area contributed by atoms with Crippen molar-refractivity contribution in [3.8, 4) is 11.5 Å². The zero-order chi connectivity index (χ0) is 24.5. The fourth-order valence-electron chi connectivity index (χ4n) is 2.94. The van der Waals surface area contributed by atoms with Gasteiger partial charge in [0.05, 0.1) is 26.5 Å². The van der Waals surface area contributed by atoms with Crippen LogP contribution in [0.3, 0.4) is 0 Å². The average molecular weight is 482 g/mol. The van der Waals surface area contributed by atoms with Crippen molar-refractivity contribution in [2.45, 2.75) is 18.6 Å². The molecule has 2 amide bonds. The van der Waals surface area contributed by atoms with Gasteiger partial charge in [0.15, 0.2) is 22.5 Å². The molecule has 3 rings (SSSR count). The van der Waals surface area contributed by atoms with Gasteiger partial charge in [0, 0.05) is 18.8 Å². The second-order valence-corrected chi connectivity index (χ2v) is 8.27. The lowest BCUT2D eigenvalue weighted by atomic mass is 10.2. The van der Waals surface area contributed by atoms with Crippen LogP contribution in [0.2, 0.25) is 0 Å². The first-order chi connectivity index (χ1) is 16.4. The third kappa shape index (κ3) is 6.85. The van der Waals surface area contributed by atoms with Gasteiger partial charge in [0.2, 0.25) is 11.8 Å². The van der Waals surface area contributed by atoms with E-state index in [0.717, 1.165) is 16.8 Å². The van der Waals surface area contributed by atoms with Gasteiger partial charge < -0.3 is 24.7 Å². The summed E-state index contributed by atoms with van der Waals surface area (Å²) in [6.07, 6.45) is 3.12. The van der Waals surface area contributed by atoms with Crippen LogP contribution < -0.4 is 20.1 Å². The molecule has 9 nitrogen and oxygen atoms in total. The molecule has 1 aromatic heterocycles. The van der Waals surface area contributed by atoms with Crippen molar-refractivity contribution in [2.24, 2.45) is 7.05 Å². The summed E-state index contributed by atoms with van der Waals surface area (Å²) in [5.41, 5.74) is 2.68. The second-order valence-electron chi connectivity index (χ2n) is 7.33. The molecule has 0 bridgehead atoms. The molecular weight excluding hydrogens is 454 g/mol. The van der Waals surface area contributed by atoms with Gasteiger partial charge in [-0.1, -0.05) is 35.5 Å². The van der Waals surface area contributed by atoms with Gasteiger partial charge in [-0.05, 0) is 42.8 Å². The molecule has 0 saturated carbocycles. The van der Waals surface area contributed by atoms with Crippen molar-refractivity contribution in [3.63, 3.8) is 0 Å². The van der Waals surface area contributed by atoms with Crippen molar-refractivity contribution >= 4 is 35.3 Å². The average Bonchev–Trinajstić information content (AvgIpc) is 3.20. The zero-order valence-electron chi connectivity index (χ0n) is 19.5. The molecule has 0 radical (unpaired) electrons. The second kappa shape index (κ2) is 11.9. The number of amides is 2. The van der Waals surface area contributed by atoms with E-state index in [9.17, 15) is 9.59 Å². The van der Waals surface area contributed by atoms with Gasteiger partial charge in [-0.15, -0.1) is 10.2 Å². The quantitative estimate of drug-likeness (QED) is 0.338. The first kappa shape index (κ1) is 24.8. The fraction of sp³-hybridized carbons (Fsp3) is 0.250. The third-order valence-corrected chi connectivity index (χ3v) is 5.87.